The van der Waals surface area contributed by atoms with Crippen molar-refractivity contribution in [1.29, 1.82) is 0 Å². The largest absolute Gasteiger partial charge is 0.466 e. The van der Waals surface area contributed by atoms with E-state index in [4.69, 9.17) is 21.1 Å². The third-order valence-corrected chi connectivity index (χ3v) is 6.04. The van der Waals surface area contributed by atoms with Crippen molar-refractivity contribution >= 4 is 28.9 Å². The highest BCUT2D eigenvalue weighted by molar-refractivity contribution is 7.16. The maximum Gasteiger partial charge on any atom is 0.307 e. The molecule has 4 nitrogen and oxygen atoms in total. The molecule has 2 aliphatic heterocycles. The first-order valence-corrected chi connectivity index (χ1v) is 9.13. The third kappa shape index (κ3) is 3.32. The fraction of sp³-hybridized carbons (Fsp3) is 0.688. The number of halogens is 1. The molecule has 1 aromatic rings. The van der Waals surface area contributed by atoms with E-state index in [0.29, 0.717) is 13.0 Å². The molecule has 3 rings (SSSR count). The Morgan fingerprint density at radius 2 is 2.27 bits per heavy atom. The zero-order valence-corrected chi connectivity index (χ0v) is 14.5. The van der Waals surface area contributed by atoms with Crippen LogP contribution in [-0.4, -0.2) is 43.7 Å². The second-order valence-electron chi connectivity index (χ2n) is 5.89. The summed E-state index contributed by atoms with van der Waals surface area (Å²) in [7, 11) is 0. The molecule has 1 aromatic heterocycles. The predicted molar refractivity (Wildman–Crippen MR) is 87.6 cm³/mol. The number of hydrogen-bond donors (Lipinski definition) is 0. The van der Waals surface area contributed by atoms with Crippen LogP contribution in [0.5, 0.6) is 0 Å². The van der Waals surface area contributed by atoms with Gasteiger partial charge in [-0.3, -0.25) is 4.79 Å². The first-order valence-electron chi connectivity index (χ1n) is 7.93. The van der Waals surface area contributed by atoms with E-state index in [0.717, 1.165) is 49.8 Å². The first kappa shape index (κ1) is 16.2. The maximum atomic E-state index is 11.5. The zero-order chi connectivity index (χ0) is 15.6. The van der Waals surface area contributed by atoms with Gasteiger partial charge in [0.25, 0.3) is 0 Å². The molecule has 0 atom stereocenters. The van der Waals surface area contributed by atoms with Gasteiger partial charge in [0.15, 0.2) is 0 Å². The molecule has 122 valence electrons. The Morgan fingerprint density at radius 1 is 1.50 bits per heavy atom. The van der Waals surface area contributed by atoms with E-state index in [1.165, 1.54) is 10.4 Å². The molecule has 1 spiro atoms. The molecular formula is C16H22ClNO3S. The zero-order valence-electron chi connectivity index (χ0n) is 12.9. The van der Waals surface area contributed by atoms with Gasteiger partial charge in [-0.15, -0.1) is 11.3 Å². The number of ether oxygens (including phenoxy) is 2. The number of piperidine rings is 1. The van der Waals surface area contributed by atoms with Crippen LogP contribution in [0.15, 0.2) is 6.07 Å². The van der Waals surface area contributed by atoms with Gasteiger partial charge in [-0.2, -0.15) is 0 Å². The Morgan fingerprint density at radius 3 is 3.00 bits per heavy atom. The lowest BCUT2D eigenvalue weighted by molar-refractivity contribution is -0.143. The molecule has 0 amide bonds. The van der Waals surface area contributed by atoms with E-state index in [2.05, 4.69) is 11.0 Å². The highest BCUT2D eigenvalue weighted by Gasteiger charge is 2.42. The molecule has 3 heterocycles. The number of hydrogen-bond acceptors (Lipinski definition) is 5. The highest BCUT2D eigenvalue weighted by Crippen LogP contribution is 2.46. The van der Waals surface area contributed by atoms with Crippen LogP contribution in [0, 0.1) is 0 Å². The standard InChI is InChI=1S/C16H22ClNO3S/c1-2-20-14(19)3-7-18-8-5-16(6-9-18)15-12(4-10-21-16)11-13(17)22-15/h11H,2-10H2,1H3. The van der Waals surface area contributed by atoms with Crippen molar-refractivity contribution in [2.75, 3.05) is 32.8 Å². The van der Waals surface area contributed by atoms with Crippen molar-refractivity contribution < 1.29 is 14.3 Å². The van der Waals surface area contributed by atoms with Crippen LogP contribution in [0.25, 0.3) is 0 Å². The monoisotopic (exact) mass is 343 g/mol. The summed E-state index contributed by atoms with van der Waals surface area (Å²) in [6, 6.07) is 2.10. The van der Waals surface area contributed by atoms with Gasteiger partial charge in [0, 0.05) is 24.5 Å². The lowest BCUT2D eigenvalue weighted by atomic mass is 9.85. The highest BCUT2D eigenvalue weighted by atomic mass is 35.5. The molecule has 0 aliphatic carbocycles. The van der Waals surface area contributed by atoms with E-state index in [9.17, 15) is 4.79 Å². The average Bonchev–Trinajstić information content (AvgIpc) is 2.89. The van der Waals surface area contributed by atoms with E-state index in [1.54, 1.807) is 11.3 Å². The summed E-state index contributed by atoms with van der Waals surface area (Å²) < 4.78 is 12.0. The van der Waals surface area contributed by atoms with Crippen LogP contribution in [0.2, 0.25) is 4.34 Å². The molecule has 0 unspecified atom stereocenters. The molecule has 1 saturated heterocycles. The van der Waals surface area contributed by atoms with Gasteiger partial charge in [0.05, 0.1) is 24.0 Å². The first-order chi connectivity index (χ1) is 10.6. The average molecular weight is 344 g/mol. The quantitative estimate of drug-likeness (QED) is 0.787. The molecule has 0 bridgehead atoms. The Kier molecular flexibility index (Phi) is 5.07. The van der Waals surface area contributed by atoms with E-state index < -0.39 is 0 Å². The molecule has 2 aliphatic rings. The maximum absolute atomic E-state index is 11.5. The smallest absolute Gasteiger partial charge is 0.307 e. The molecule has 0 saturated carbocycles. The minimum Gasteiger partial charge on any atom is -0.466 e. The number of nitrogens with zero attached hydrogens (tertiary/aromatic N) is 1. The van der Waals surface area contributed by atoms with Gasteiger partial charge in [0.2, 0.25) is 0 Å². The summed E-state index contributed by atoms with van der Waals surface area (Å²) in [6.07, 6.45) is 3.38. The minimum absolute atomic E-state index is 0.107. The van der Waals surface area contributed by atoms with Gasteiger partial charge in [0.1, 0.15) is 5.60 Å². The normalized spacial score (nSPS) is 20.8. The number of thiophene rings is 1. The summed E-state index contributed by atoms with van der Waals surface area (Å²) >= 11 is 7.87. The second-order valence-corrected chi connectivity index (χ2v) is 7.58. The number of likely N-dealkylation sites (tertiary alicyclic amines) is 1. The number of carbonyl (C=O) groups excluding carboxylic acids is 1. The van der Waals surface area contributed by atoms with E-state index in [1.807, 2.05) is 6.92 Å². The molecule has 22 heavy (non-hydrogen) atoms. The Bertz CT molecular complexity index is 537. The second kappa shape index (κ2) is 6.87. The van der Waals surface area contributed by atoms with Crippen molar-refractivity contribution in [3.63, 3.8) is 0 Å². The van der Waals surface area contributed by atoms with Gasteiger partial charge >= 0.3 is 5.97 Å². The number of esters is 1. The molecule has 0 N–H and O–H groups in total. The fourth-order valence-electron chi connectivity index (χ4n) is 3.38. The van der Waals surface area contributed by atoms with Crippen LogP contribution < -0.4 is 0 Å². The van der Waals surface area contributed by atoms with Crippen molar-refractivity contribution in [2.24, 2.45) is 0 Å². The van der Waals surface area contributed by atoms with Gasteiger partial charge in [-0.25, -0.2) is 0 Å². The molecule has 0 aromatic carbocycles. The summed E-state index contributed by atoms with van der Waals surface area (Å²) in [5, 5.41) is 0. The van der Waals surface area contributed by atoms with Gasteiger partial charge < -0.3 is 14.4 Å². The molecular weight excluding hydrogens is 322 g/mol. The van der Waals surface area contributed by atoms with Gasteiger partial charge in [-0.1, -0.05) is 11.6 Å². The number of carbonyl (C=O) groups is 1. The van der Waals surface area contributed by atoms with Gasteiger partial charge in [-0.05, 0) is 37.8 Å². The predicted octanol–water partition coefficient (Wildman–Crippen LogP) is 3.22. The molecule has 6 heteroatoms. The van der Waals surface area contributed by atoms with Crippen LogP contribution in [0.4, 0.5) is 0 Å². The minimum atomic E-state index is -0.147. The summed E-state index contributed by atoms with van der Waals surface area (Å²) in [5.74, 6) is -0.107. The Balaban J connectivity index is 1.59. The SMILES string of the molecule is CCOC(=O)CCN1CCC2(CC1)OCCc1cc(Cl)sc12. The van der Waals surface area contributed by atoms with E-state index in [-0.39, 0.29) is 11.6 Å². The lowest BCUT2D eigenvalue weighted by Gasteiger charge is -2.43. The van der Waals surface area contributed by atoms with Crippen LogP contribution in [-0.2, 0) is 26.3 Å². The lowest BCUT2D eigenvalue weighted by Crippen LogP contribution is -2.46. The topological polar surface area (TPSA) is 38.8 Å². The summed E-state index contributed by atoms with van der Waals surface area (Å²) in [4.78, 5) is 15.1. The van der Waals surface area contributed by atoms with Crippen molar-refractivity contribution in [1.82, 2.24) is 4.90 Å². The van der Waals surface area contributed by atoms with Crippen LogP contribution >= 0.6 is 22.9 Å². The van der Waals surface area contributed by atoms with Crippen molar-refractivity contribution in [2.45, 2.75) is 38.2 Å². The van der Waals surface area contributed by atoms with Crippen LogP contribution in [0.1, 0.15) is 36.6 Å². The van der Waals surface area contributed by atoms with E-state index >= 15 is 0 Å². The molecule has 0 radical (unpaired) electrons. The molecule has 1 fully saturated rings. The van der Waals surface area contributed by atoms with Crippen LogP contribution in [0.3, 0.4) is 0 Å². The summed E-state index contributed by atoms with van der Waals surface area (Å²) in [5.41, 5.74) is 1.22. The Hall–Kier alpha value is -0.620. The number of rotatable bonds is 4. The Labute approximate surface area is 140 Å². The summed E-state index contributed by atoms with van der Waals surface area (Å²) in [6.45, 7) is 5.75. The van der Waals surface area contributed by atoms with Crippen molar-refractivity contribution in [3.8, 4) is 0 Å². The third-order valence-electron chi connectivity index (χ3n) is 4.54. The van der Waals surface area contributed by atoms with Crippen molar-refractivity contribution in [3.05, 3.63) is 20.8 Å². The fourth-order valence-corrected chi connectivity index (χ4v) is 4.88. The number of fused-ring (bicyclic) bond motifs is 2.